The zero-order valence-electron chi connectivity index (χ0n) is 11.4. The van der Waals surface area contributed by atoms with Crippen LogP contribution in [0.3, 0.4) is 0 Å². The van der Waals surface area contributed by atoms with E-state index in [9.17, 15) is 9.50 Å². The van der Waals surface area contributed by atoms with Gasteiger partial charge in [0, 0.05) is 25.6 Å². The Balaban J connectivity index is 2.11. The van der Waals surface area contributed by atoms with E-state index in [0.29, 0.717) is 18.3 Å². The summed E-state index contributed by atoms with van der Waals surface area (Å²) in [6.45, 7) is 5.95. The molecule has 0 saturated carbocycles. The van der Waals surface area contributed by atoms with E-state index in [1.54, 1.807) is 6.92 Å². The first-order chi connectivity index (χ1) is 9.11. The van der Waals surface area contributed by atoms with Crippen LogP contribution in [0.5, 0.6) is 0 Å². The van der Waals surface area contributed by atoms with Crippen LogP contribution in [0.1, 0.15) is 26.7 Å². The average molecular weight is 268 g/mol. The SMILES string of the molecule is CCCNc1ncc(F)c(N2CCC(C(C)O)C2)n1. The lowest BCUT2D eigenvalue weighted by atomic mass is 10.0. The second-order valence-electron chi connectivity index (χ2n) is 5.03. The third kappa shape index (κ3) is 3.32. The fourth-order valence-electron chi connectivity index (χ4n) is 2.28. The first kappa shape index (κ1) is 14.0. The molecule has 0 radical (unpaired) electrons. The largest absolute Gasteiger partial charge is 0.393 e. The van der Waals surface area contributed by atoms with E-state index in [-0.39, 0.29) is 12.0 Å². The zero-order chi connectivity index (χ0) is 13.8. The summed E-state index contributed by atoms with van der Waals surface area (Å²) in [6, 6.07) is 0. The molecule has 19 heavy (non-hydrogen) atoms. The fraction of sp³-hybridized carbons (Fsp3) is 0.692. The highest BCUT2D eigenvalue weighted by molar-refractivity contribution is 5.44. The Morgan fingerprint density at radius 2 is 2.42 bits per heavy atom. The van der Waals surface area contributed by atoms with Gasteiger partial charge in [-0.15, -0.1) is 0 Å². The third-order valence-corrected chi connectivity index (χ3v) is 3.47. The summed E-state index contributed by atoms with van der Waals surface area (Å²) in [5, 5.41) is 12.6. The van der Waals surface area contributed by atoms with E-state index in [1.807, 2.05) is 11.8 Å². The van der Waals surface area contributed by atoms with Crippen molar-refractivity contribution in [1.82, 2.24) is 9.97 Å². The monoisotopic (exact) mass is 268 g/mol. The number of nitrogens with zero attached hydrogens (tertiary/aromatic N) is 3. The topological polar surface area (TPSA) is 61.3 Å². The number of anilines is 2. The smallest absolute Gasteiger partial charge is 0.224 e. The Morgan fingerprint density at radius 1 is 1.63 bits per heavy atom. The van der Waals surface area contributed by atoms with Crippen molar-refractivity contribution in [3.05, 3.63) is 12.0 Å². The minimum atomic E-state index is -0.409. The van der Waals surface area contributed by atoms with Gasteiger partial charge in [0.25, 0.3) is 0 Å². The summed E-state index contributed by atoms with van der Waals surface area (Å²) < 4.78 is 13.8. The molecule has 0 spiro atoms. The van der Waals surface area contributed by atoms with Crippen molar-refractivity contribution < 1.29 is 9.50 Å². The van der Waals surface area contributed by atoms with Crippen LogP contribution in [0.25, 0.3) is 0 Å². The number of aliphatic hydroxyl groups is 1. The van der Waals surface area contributed by atoms with E-state index < -0.39 is 5.82 Å². The predicted molar refractivity (Wildman–Crippen MR) is 72.8 cm³/mol. The molecule has 5 nitrogen and oxygen atoms in total. The molecule has 0 aromatic carbocycles. The molecule has 0 aliphatic carbocycles. The van der Waals surface area contributed by atoms with Crippen molar-refractivity contribution in [3.8, 4) is 0 Å². The van der Waals surface area contributed by atoms with Crippen molar-refractivity contribution in [2.45, 2.75) is 32.8 Å². The van der Waals surface area contributed by atoms with Gasteiger partial charge in [-0.05, 0) is 19.8 Å². The van der Waals surface area contributed by atoms with Gasteiger partial charge in [-0.3, -0.25) is 0 Å². The predicted octanol–water partition coefficient (Wildman–Crippen LogP) is 1.64. The molecule has 2 rings (SSSR count). The zero-order valence-corrected chi connectivity index (χ0v) is 11.4. The molecule has 2 heterocycles. The Labute approximate surface area is 112 Å². The minimum Gasteiger partial charge on any atom is -0.393 e. The molecule has 0 amide bonds. The molecule has 1 aromatic rings. The number of rotatable bonds is 5. The standard InChI is InChI=1S/C13H21FN4O/c1-3-5-15-13-16-7-11(14)12(17-13)18-6-4-10(8-18)9(2)19/h7,9-10,19H,3-6,8H2,1-2H3,(H,15,16,17). The van der Waals surface area contributed by atoms with Gasteiger partial charge in [0.05, 0.1) is 12.3 Å². The molecular formula is C13H21FN4O. The molecule has 2 N–H and O–H groups in total. The third-order valence-electron chi connectivity index (χ3n) is 3.47. The Morgan fingerprint density at radius 3 is 3.05 bits per heavy atom. The van der Waals surface area contributed by atoms with E-state index in [2.05, 4.69) is 15.3 Å². The number of halogens is 1. The van der Waals surface area contributed by atoms with Gasteiger partial charge >= 0.3 is 0 Å². The van der Waals surface area contributed by atoms with Gasteiger partial charge in [0.15, 0.2) is 11.6 Å². The molecule has 6 heteroatoms. The number of aliphatic hydroxyl groups excluding tert-OH is 1. The second kappa shape index (κ2) is 6.14. The first-order valence-corrected chi connectivity index (χ1v) is 6.81. The molecule has 106 valence electrons. The minimum absolute atomic E-state index is 0.182. The maximum Gasteiger partial charge on any atom is 0.224 e. The van der Waals surface area contributed by atoms with Crippen molar-refractivity contribution in [2.24, 2.45) is 5.92 Å². The highest BCUT2D eigenvalue weighted by Gasteiger charge is 2.28. The van der Waals surface area contributed by atoms with Gasteiger partial charge in [-0.2, -0.15) is 4.98 Å². The average Bonchev–Trinajstić information content (AvgIpc) is 2.87. The molecule has 2 atom stereocenters. The van der Waals surface area contributed by atoms with Crippen LogP contribution in [0.4, 0.5) is 16.2 Å². The molecule has 1 saturated heterocycles. The van der Waals surface area contributed by atoms with E-state index in [1.165, 1.54) is 6.20 Å². The van der Waals surface area contributed by atoms with Gasteiger partial charge in [0.1, 0.15) is 0 Å². The van der Waals surface area contributed by atoms with E-state index in [0.717, 1.165) is 25.9 Å². The number of aromatic nitrogens is 2. The summed E-state index contributed by atoms with van der Waals surface area (Å²) in [5.41, 5.74) is 0. The maximum atomic E-state index is 13.8. The molecule has 1 fully saturated rings. The Bertz CT molecular complexity index is 427. The maximum absolute atomic E-state index is 13.8. The second-order valence-corrected chi connectivity index (χ2v) is 5.03. The van der Waals surface area contributed by atoms with E-state index in [4.69, 9.17) is 0 Å². The van der Waals surface area contributed by atoms with E-state index >= 15 is 0 Å². The van der Waals surface area contributed by atoms with Crippen molar-refractivity contribution in [2.75, 3.05) is 29.9 Å². The molecule has 2 unspecified atom stereocenters. The summed E-state index contributed by atoms with van der Waals surface area (Å²) in [4.78, 5) is 10.0. The quantitative estimate of drug-likeness (QED) is 0.850. The van der Waals surface area contributed by atoms with Crippen LogP contribution in [0.15, 0.2) is 6.20 Å². The lowest BCUT2D eigenvalue weighted by molar-refractivity contribution is 0.136. The number of nitrogens with one attached hydrogen (secondary N) is 1. The molecule has 0 bridgehead atoms. The summed E-state index contributed by atoms with van der Waals surface area (Å²) in [5.74, 6) is 0.560. The van der Waals surface area contributed by atoms with Gasteiger partial charge in [-0.25, -0.2) is 9.37 Å². The van der Waals surface area contributed by atoms with Crippen LogP contribution in [0.2, 0.25) is 0 Å². The van der Waals surface area contributed by atoms with Crippen LogP contribution < -0.4 is 10.2 Å². The lowest BCUT2D eigenvalue weighted by Crippen LogP contribution is -2.26. The number of hydrogen-bond acceptors (Lipinski definition) is 5. The van der Waals surface area contributed by atoms with Crippen LogP contribution >= 0.6 is 0 Å². The molecular weight excluding hydrogens is 247 g/mol. The normalized spacial score (nSPS) is 20.6. The van der Waals surface area contributed by atoms with Crippen LogP contribution in [-0.2, 0) is 0 Å². The Kier molecular flexibility index (Phi) is 4.52. The lowest BCUT2D eigenvalue weighted by Gasteiger charge is -2.19. The highest BCUT2D eigenvalue weighted by Crippen LogP contribution is 2.26. The van der Waals surface area contributed by atoms with Gasteiger partial charge in [0.2, 0.25) is 5.95 Å². The first-order valence-electron chi connectivity index (χ1n) is 6.81. The van der Waals surface area contributed by atoms with Crippen molar-refractivity contribution in [3.63, 3.8) is 0 Å². The summed E-state index contributed by atoms with van der Waals surface area (Å²) >= 11 is 0. The molecule has 1 aliphatic rings. The van der Waals surface area contributed by atoms with Crippen LogP contribution in [-0.4, -0.2) is 40.8 Å². The molecule has 1 aromatic heterocycles. The highest BCUT2D eigenvalue weighted by atomic mass is 19.1. The fourth-order valence-corrected chi connectivity index (χ4v) is 2.28. The Hall–Kier alpha value is -1.43. The van der Waals surface area contributed by atoms with Gasteiger partial charge < -0.3 is 15.3 Å². The summed E-state index contributed by atoms with van der Waals surface area (Å²) in [6.07, 6.45) is 2.66. The number of hydrogen-bond donors (Lipinski definition) is 2. The van der Waals surface area contributed by atoms with Crippen molar-refractivity contribution >= 4 is 11.8 Å². The van der Waals surface area contributed by atoms with Crippen LogP contribution in [0, 0.1) is 11.7 Å². The summed E-state index contributed by atoms with van der Waals surface area (Å²) in [7, 11) is 0. The molecule has 1 aliphatic heterocycles. The van der Waals surface area contributed by atoms with Gasteiger partial charge in [-0.1, -0.05) is 6.92 Å². The van der Waals surface area contributed by atoms with Crippen molar-refractivity contribution in [1.29, 1.82) is 0 Å².